The van der Waals surface area contributed by atoms with E-state index >= 15 is 0 Å². The number of nitrogens with zero attached hydrogens (tertiary/aromatic N) is 2. The van der Waals surface area contributed by atoms with Crippen molar-refractivity contribution in [3.8, 4) is 10.7 Å². The van der Waals surface area contributed by atoms with Crippen LogP contribution < -0.4 is 5.32 Å². The zero-order valence-corrected chi connectivity index (χ0v) is 10.8. The summed E-state index contributed by atoms with van der Waals surface area (Å²) >= 11 is 5.03. The highest BCUT2D eigenvalue weighted by Gasteiger charge is 2.20. The summed E-state index contributed by atoms with van der Waals surface area (Å²) in [5.74, 6) is 2.09. The second kappa shape index (κ2) is 4.27. The third-order valence-electron chi connectivity index (χ3n) is 2.59. The average Bonchev–Trinajstić information content (AvgIpc) is 2.80. The van der Waals surface area contributed by atoms with Crippen LogP contribution >= 0.6 is 27.3 Å². The molecule has 1 N–H and O–H groups in total. The van der Waals surface area contributed by atoms with Crippen molar-refractivity contribution in [2.24, 2.45) is 5.92 Å². The Bertz CT molecular complexity index is 492. The van der Waals surface area contributed by atoms with Crippen LogP contribution in [0.5, 0.6) is 0 Å². The molecular formula is C10H10BrN3OS. The number of hydrogen-bond acceptors (Lipinski definition) is 5. The van der Waals surface area contributed by atoms with Crippen molar-refractivity contribution < 1.29 is 4.52 Å². The van der Waals surface area contributed by atoms with Crippen LogP contribution in [0.1, 0.15) is 5.89 Å². The fourth-order valence-electron chi connectivity index (χ4n) is 1.61. The highest BCUT2D eigenvalue weighted by atomic mass is 79.9. The van der Waals surface area contributed by atoms with E-state index in [1.807, 2.05) is 12.1 Å². The summed E-state index contributed by atoms with van der Waals surface area (Å²) in [6, 6.07) is 3.99. The van der Waals surface area contributed by atoms with Gasteiger partial charge in [0, 0.05) is 6.42 Å². The van der Waals surface area contributed by atoms with Crippen LogP contribution in [-0.2, 0) is 6.42 Å². The smallest absolute Gasteiger partial charge is 0.227 e. The van der Waals surface area contributed by atoms with E-state index in [1.165, 1.54) is 0 Å². The van der Waals surface area contributed by atoms with Gasteiger partial charge in [-0.2, -0.15) is 4.98 Å². The lowest BCUT2D eigenvalue weighted by atomic mass is 10.00. The second-order valence-electron chi connectivity index (χ2n) is 3.84. The zero-order valence-electron chi connectivity index (χ0n) is 8.44. The molecule has 3 rings (SSSR count). The van der Waals surface area contributed by atoms with E-state index in [-0.39, 0.29) is 0 Å². The first-order valence-corrected chi connectivity index (χ1v) is 6.71. The maximum absolute atomic E-state index is 5.24. The predicted molar refractivity (Wildman–Crippen MR) is 65.4 cm³/mol. The van der Waals surface area contributed by atoms with Crippen LogP contribution in [0.15, 0.2) is 20.4 Å². The standard InChI is InChI=1S/C10H10BrN3OS/c11-8-2-1-7(16-8)10-13-9(15-14-10)3-6-4-12-5-6/h1-2,6,12H,3-5H2. The molecule has 0 bridgehead atoms. The van der Waals surface area contributed by atoms with E-state index in [2.05, 4.69) is 31.4 Å². The van der Waals surface area contributed by atoms with E-state index in [0.29, 0.717) is 11.7 Å². The maximum atomic E-state index is 5.24. The highest BCUT2D eigenvalue weighted by Crippen LogP contribution is 2.29. The molecule has 0 aliphatic carbocycles. The largest absolute Gasteiger partial charge is 0.339 e. The third kappa shape index (κ3) is 2.05. The first-order chi connectivity index (χ1) is 7.81. The molecule has 0 atom stereocenters. The fourth-order valence-corrected chi connectivity index (χ4v) is 2.92. The van der Waals surface area contributed by atoms with Crippen molar-refractivity contribution >= 4 is 27.3 Å². The fraction of sp³-hybridized carbons (Fsp3) is 0.400. The van der Waals surface area contributed by atoms with Crippen molar-refractivity contribution in [3.63, 3.8) is 0 Å². The molecule has 1 saturated heterocycles. The molecule has 6 heteroatoms. The first kappa shape index (κ1) is 10.4. The molecule has 0 aromatic carbocycles. The van der Waals surface area contributed by atoms with Crippen molar-refractivity contribution in [2.75, 3.05) is 13.1 Å². The average molecular weight is 300 g/mol. The minimum absolute atomic E-state index is 0.656. The van der Waals surface area contributed by atoms with Gasteiger partial charge in [0.05, 0.1) is 8.66 Å². The van der Waals surface area contributed by atoms with Crippen LogP contribution in [0, 0.1) is 5.92 Å². The number of rotatable bonds is 3. The highest BCUT2D eigenvalue weighted by molar-refractivity contribution is 9.11. The molecule has 16 heavy (non-hydrogen) atoms. The van der Waals surface area contributed by atoms with Gasteiger partial charge in [-0.15, -0.1) is 11.3 Å². The summed E-state index contributed by atoms with van der Waals surface area (Å²) < 4.78 is 6.32. The second-order valence-corrected chi connectivity index (χ2v) is 6.31. The summed E-state index contributed by atoms with van der Waals surface area (Å²) in [5.41, 5.74) is 0. The Labute approximate surface area is 105 Å². The molecule has 0 saturated carbocycles. The van der Waals surface area contributed by atoms with E-state index in [1.54, 1.807) is 11.3 Å². The predicted octanol–water partition coefficient (Wildman–Crippen LogP) is 2.32. The summed E-state index contributed by atoms with van der Waals surface area (Å²) in [4.78, 5) is 5.44. The normalized spacial score (nSPS) is 16.3. The Morgan fingerprint density at radius 2 is 2.38 bits per heavy atom. The lowest BCUT2D eigenvalue weighted by molar-refractivity contribution is 0.296. The number of nitrogens with one attached hydrogen (secondary N) is 1. The van der Waals surface area contributed by atoms with E-state index in [0.717, 1.165) is 34.1 Å². The monoisotopic (exact) mass is 299 g/mol. The van der Waals surface area contributed by atoms with Gasteiger partial charge < -0.3 is 9.84 Å². The van der Waals surface area contributed by atoms with Gasteiger partial charge in [0.1, 0.15) is 0 Å². The topological polar surface area (TPSA) is 51.0 Å². The van der Waals surface area contributed by atoms with Crippen LogP contribution in [0.2, 0.25) is 0 Å². The molecule has 0 amide bonds. The van der Waals surface area contributed by atoms with Gasteiger partial charge in [0.15, 0.2) is 0 Å². The molecule has 0 spiro atoms. The van der Waals surface area contributed by atoms with Crippen molar-refractivity contribution in [3.05, 3.63) is 21.8 Å². The molecule has 1 fully saturated rings. The van der Waals surface area contributed by atoms with Crippen LogP contribution in [0.25, 0.3) is 10.7 Å². The Hall–Kier alpha value is -0.720. The lowest BCUT2D eigenvalue weighted by Gasteiger charge is -2.25. The first-order valence-electron chi connectivity index (χ1n) is 5.10. The summed E-state index contributed by atoms with van der Waals surface area (Å²) in [6.07, 6.45) is 0.881. The number of halogens is 1. The summed E-state index contributed by atoms with van der Waals surface area (Å²) in [5, 5.41) is 7.22. The molecule has 2 aromatic heterocycles. The van der Waals surface area contributed by atoms with Gasteiger partial charge in [0.25, 0.3) is 0 Å². The van der Waals surface area contributed by atoms with E-state index < -0.39 is 0 Å². The van der Waals surface area contributed by atoms with Crippen LogP contribution in [0.3, 0.4) is 0 Å². The molecular weight excluding hydrogens is 290 g/mol. The molecule has 2 aromatic rings. The number of aromatic nitrogens is 2. The Morgan fingerprint density at radius 1 is 1.50 bits per heavy atom. The molecule has 84 valence electrons. The van der Waals surface area contributed by atoms with Gasteiger partial charge in [-0.1, -0.05) is 5.16 Å². The molecule has 4 nitrogen and oxygen atoms in total. The van der Waals surface area contributed by atoms with Gasteiger partial charge >= 0.3 is 0 Å². The molecule has 1 aliphatic rings. The Morgan fingerprint density at radius 3 is 3.00 bits per heavy atom. The van der Waals surface area contributed by atoms with E-state index in [9.17, 15) is 0 Å². The Balaban J connectivity index is 1.76. The number of thiophene rings is 1. The molecule has 0 radical (unpaired) electrons. The summed E-state index contributed by atoms with van der Waals surface area (Å²) in [7, 11) is 0. The van der Waals surface area contributed by atoms with Gasteiger partial charge in [0.2, 0.25) is 11.7 Å². The SMILES string of the molecule is Brc1ccc(-c2noc(CC3CNC3)n2)s1. The van der Waals surface area contributed by atoms with Crippen molar-refractivity contribution in [2.45, 2.75) is 6.42 Å². The summed E-state index contributed by atoms with van der Waals surface area (Å²) in [6.45, 7) is 2.12. The quantitative estimate of drug-likeness (QED) is 0.945. The van der Waals surface area contributed by atoms with Gasteiger partial charge in [-0.05, 0) is 47.1 Å². The zero-order chi connectivity index (χ0) is 11.0. The van der Waals surface area contributed by atoms with Crippen molar-refractivity contribution in [1.82, 2.24) is 15.5 Å². The lowest BCUT2D eigenvalue weighted by Crippen LogP contribution is -2.43. The van der Waals surface area contributed by atoms with Gasteiger partial charge in [-0.3, -0.25) is 0 Å². The molecule has 0 unspecified atom stereocenters. The Kier molecular flexibility index (Phi) is 2.79. The van der Waals surface area contributed by atoms with Gasteiger partial charge in [-0.25, -0.2) is 0 Å². The van der Waals surface area contributed by atoms with E-state index in [4.69, 9.17) is 4.52 Å². The minimum Gasteiger partial charge on any atom is -0.339 e. The maximum Gasteiger partial charge on any atom is 0.227 e. The molecule has 1 aliphatic heterocycles. The van der Waals surface area contributed by atoms with Crippen LogP contribution in [-0.4, -0.2) is 23.2 Å². The minimum atomic E-state index is 0.656. The third-order valence-corrected chi connectivity index (χ3v) is 4.21. The van der Waals surface area contributed by atoms with Crippen molar-refractivity contribution in [1.29, 1.82) is 0 Å². The van der Waals surface area contributed by atoms with Crippen LogP contribution in [0.4, 0.5) is 0 Å². The number of hydrogen-bond donors (Lipinski definition) is 1. The molecule has 3 heterocycles.